The van der Waals surface area contributed by atoms with Crippen LogP contribution in [0.4, 0.5) is 0 Å². The van der Waals surface area contributed by atoms with Gasteiger partial charge in [-0.25, -0.2) is 0 Å². The summed E-state index contributed by atoms with van der Waals surface area (Å²) < 4.78 is 0. The highest BCUT2D eigenvalue weighted by Gasteiger charge is 2.78. The van der Waals surface area contributed by atoms with Crippen LogP contribution in [0.5, 0.6) is 0 Å². The highest BCUT2D eigenvalue weighted by molar-refractivity contribution is 5.43. The van der Waals surface area contributed by atoms with Crippen LogP contribution in [-0.4, -0.2) is 5.54 Å². The van der Waals surface area contributed by atoms with Crippen LogP contribution in [0.3, 0.4) is 0 Å². The van der Waals surface area contributed by atoms with E-state index in [-0.39, 0.29) is 11.0 Å². The number of benzene rings is 1. The maximum atomic E-state index is 9.88. The molecule has 2 aliphatic carbocycles. The molecule has 3 nitrogen and oxygen atoms in total. The van der Waals surface area contributed by atoms with E-state index in [2.05, 4.69) is 49.3 Å². The number of nitrogens with zero attached hydrogens (tertiary/aromatic N) is 3. The van der Waals surface area contributed by atoms with Gasteiger partial charge in [0.1, 0.15) is 5.54 Å². The molecule has 1 aromatic rings. The van der Waals surface area contributed by atoms with E-state index < -0.39 is 5.54 Å². The second kappa shape index (κ2) is 3.49. The standard InChI is InChI=1S/C17H19N3/c1-15(2)16(11-18)13-9-6-10-14(13)17(15,20-19-16)12-7-4-3-5-8-12/h3-5,7-8,13-14H,6,9-10H2,1-2H3/t13-,14+,16-,17+/m1/s1. The van der Waals surface area contributed by atoms with Gasteiger partial charge in [0.2, 0.25) is 0 Å². The van der Waals surface area contributed by atoms with Crippen LogP contribution in [0.2, 0.25) is 0 Å². The molecule has 0 radical (unpaired) electrons. The maximum Gasteiger partial charge on any atom is 0.178 e. The lowest BCUT2D eigenvalue weighted by Crippen LogP contribution is -2.45. The van der Waals surface area contributed by atoms with Gasteiger partial charge in [0.05, 0.1) is 6.07 Å². The van der Waals surface area contributed by atoms with Crippen molar-refractivity contribution in [3.8, 4) is 6.07 Å². The third kappa shape index (κ3) is 0.985. The average Bonchev–Trinajstić information content (AvgIpc) is 3.07. The van der Waals surface area contributed by atoms with Crippen molar-refractivity contribution >= 4 is 0 Å². The third-order valence-corrected chi connectivity index (χ3v) is 6.24. The predicted molar refractivity (Wildman–Crippen MR) is 75.9 cm³/mol. The van der Waals surface area contributed by atoms with Gasteiger partial charge < -0.3 is 0 Å². The monoisotopic (exact) mass is 265 g/mol. The van der Waals surface area contributed by atoms with Crippen LogP contribution in [0.1, 0.15) is 38.7 Å². The molecule has 0 unspecified atom stereocenters. The summed E-state index contributed by atoms with van der Waals surface area (Å²) in [6.45, 7) is 4.39. The van der Waals surface area contributed by atoms with E-state index in [4.69, 9.17) is 5.11 Å². The fourth-order valence-corrected chi connectivity index (χ4v) is 5.30. The first-order valence-electron chi connectivity index (χ1n) is 7.51. The molecule has 3 aliphatic rings. The topological polar surface area (TPSA) is 48.5 Å². The minimum Gasteiger partial charge on any atom is -0.196 e. The molecule has 4 atom stereocenters. The predicted octanol–water partition coefficient (Wildman–Crippen LogP) is 4.07. The van der Waals surface area contributed by atoms with Gasteiger partial charge in [-0.2, -0.15) is 15.5 Å². The fraction of sp³-hybridized carbons (Fsp3) is 0.588. The summed E-state index contributed by atoms with van der Waals surface area (Å²) in [4.78, 5) is 0. The van der Waals surface area contributed by atoms with Gasteiger partial charge in [0.25, 0.3) is 0 Å². The molecule has 1 aromatic carbocycles. The number of hydrogen-bond acceptors (Lipinski definition) is 3. The summed E-state index contributed by atoms with van der Waals surface area (Å²) in [7, 11) is 0. The molecule has 2 bridgehead atoms. The summed E-state index contributed by atoms with van der Waals surface area (Å²) in [5.41, 5.74) is 0.0846. The van der Waals surface area contributed by atoms with E-state index in [0.717, 1.165) is 6.42 Å². The van der Waals surface area contributed by atoms with Gasteiger partial charge in [-0.3, -0.25) is 0 Å². The summed E-state index contributed by atoms with van der Waals surface area (Å²) in [6.07, 6.45) is 3.50. The molecule has 3 heteroatoms. The zero-order valence-corrected chi connectivity index (χ0v) is 12.0. The Morgan fingerprint density at radius 3 is 2.50 bits per heavy atom. The van der Waals surface area contributed by atoms with Crippen molar-refractivity contribution in [2.45, 2.75) is 44.2 Å². The first-order valence-corrected chi connectivity index (χ1v) is 7.51. The zero-order valence-electron chi connectivity index (χ0n) is 12.0. The van der Waals surface area contributed by atoms with Crippen molar-refractivity contribution in [3.63, 3.8) is 0 Å². The average molecular weight is 265 g/mol. The maximum absolute atomic E-state index is 9.88. The Kier molecular flexibility index (Phi) is 2.11. The van der Waals surface area contributed by atoms with Crippen molar-refractivity contribution in [1.29, 1.82) is 5.26 Å². The fourth-order valence-electron chi connectivity index (χ4n) is 5.30. The first kappa shape index (κ1) is 12.1. The lowest BCUT2D eigenvalue weighted by atomic mass is 9.63. The summed E-state index contributed by atoms with van der Waals surface area (Å²) in [6, 6.07) is 13.1. The Hall–Kier alpha value is -1.69. The van der Waals surface area contributed by atoms with Crippen molar-refractivity contribution in [2.75, 3.05) is 0 Å². The largest absolute Gasteiger partial charge is 0.196 e. The summed E-state index contributed by atoms with van der Waals surface area (Å²) in [5, 5.41) is 19.2. The van der Waals surface area contributed by atoms with Crippen LogP contribution in [-0.2, 0) is 5.54 Å². The molecule has 1 aliphatic heterocycles. The minimum absolute atomic E-state index is 0.230. The van der Waals surface area contributed by atoms with E-state index in [0.29, 0.717) is 11.8 Å². The molecule has 0 N–H and O–H groups in total. The molecule has 0 aromatic heterocycles. The molecule has 0 saturated heterocycles. The van der Waals surface area contributed by atoms with E-state index >= 15 is 0 Å². The SMILES string of the molecule is CC1(C)[C@]2(C#N)N=N[C@@]1(c1ccccc1)[C@H]1CCC[C@H]12. The second-order valence-corrected chi connectivity index (χ2v) is 6.98. The van der Waals surface area contributed by atoms with Crippen LogP contribution < -0.4 is 0 Å². The van der Waals surface area contributed by atoms with Gasteiger partial charge in [0, 0.05) is 11.3 Å². The quantitative estimate of drug-likeness (QED) is 0.755. The number of nitriles is 1. The zero-order chi connectivity index (χ0) is 14.0. The van der Waals surface area contributed by atoms with Crippen LogP contribution in [0.15, 0.2) is 40.6 Å². The Bertz CT molecular complexity index is 627. The molecular formula is C17H19N3. The lowest BCUT2D eigenvalue weighted by Gasteiger charge is -2.39. The highest BCUT2D eigenvalue weighted by Crippen LogP contribution is 2.73. The summed E-state index contributed by atoms with van der Waals surface area (Å²) >= 11 is 0. The van der Waals surface area contributed by atoms with Gasteiger partial charge in [-0.1, -0.05) is 50.6 Å². The molecular weight excluding hydrogens is 246 g/mol. The number of fused-ring (bicyclic) bond motifs is 5. The smallest absolute Gasteiger partial charge is 0.178 e. The lowest BCUT2D eigenvalue weighted by molar-refractivity contribution is 0.167. The van der Waals surface area contributed by atoms with Gasteiger partial charge in [-0.05, 0) is 24.3 Å². The molecule has 1 heterocycles. The number of azo groups is 1. The molecule has 0 amide bonds. The molecule has 2 fully saturated rings. The Morgan fingerprint density at radius 1 is 1.10 bits per heavy atom. The van der Waals surface area contributed by atoms with E-state index in [9.17, 15) is 5.26 Å². The van der Waals surface area contributed by atoms with E-state index in [1.807, 2.05) is 6.07 Å². The highest BCUT2D eigenvalue weighted by atomic mass is 15.3. The van der Waals surface area contributed by atoms with Crippen molar-refractivity contribution in [3.05, 3.63) is 35.9 Å². The molecule has 2 saturated carbocycles. The van der Waals surface area contributed by atoms with Crippen LogP contribution in [0, 0.1) is 28.6 Å². The number of rotatable bonds is 1. The molecule has 0 spiro atoms. The van der Waals surface area contributed by atoms with Crippen LogP contribution in [0.25, 0.3) is 0 Å². The van der Waals surface area contributed by atoms with Gasteiger partial charge in [0.15, 0.2) is 5.54 Å². The Labute approximate surface area is 119 Å². The molecule has 102 valence electrons. The second-order valence-electron chi connectivity index (χ2n) is 6.98. The van der Waals surface area contributed by atoms with Gasteiger partial charge >= 0.3 is 0 Å². The Balaban J connectivity index is 2.01. The van der Waals surface area contributed by atoms with Crippen LogP contribution >= 0.6 is 0 Å². The minimum atomic E-state index is -0.621. The van der Waals surface area contributed by atoms with Crippen molar-refractivity contribution < 1.29 is 0 Å². The van der Waals surface area contributed by atoms with E-state index in [1.54, 1.807) is 0 Å². The van der Waals surface area contributed by atoms with Crippen molar-refractivity contribution in [2.24, 2.45) is 27.5 Å². The molecule has 4 rings (SSSR count). The number of hydrogen-bond donors (Lipinski definition) is 0. The Morgan fingerprint density at radius 2 is 1.80 bits per heavy atom. The summed E-state index contributed by atoms with van der Waals surface area (Å²) in [5.74, 6) is 0.845. The molecule has 20 heavy (non-hydrogen) atoms. The van der Waals surface area contributed by atoms with Crippen molar-refractivity contribution in [1.82, 2.24) is 0 Å². The third-order valence-electron chi connectivity index (χ3n) is 6.24. The van der Waals surface area contributed by atoms with E-state index in [1.165, 1.54) is 18.4 Å². The first-order chi connectivity index (χ1) is 9.60. The normalized spacial score (nSPS) is 43.5. The van der Waals surface area contributed by atoms with Gasteiger partial charge in [-0.15, -0.1) is 0 Å².